The molecule has 4 nitrogen and oxygen atoms in total. The van der Waals surface area contributed by atoms with Crippen LogP contribution in [-0.2, 0) is 6.61 Å². The predicted molar refractivity (Wildman–Crippen MR) is 117 cm³/mol. The van der Waals surface area contributed by atoms with E-state index in [1.54, 1.807) is 30.3 Å². The summed E-state index contributed by atoms with van der Waals surface area (Å²) in [6.07, 6.45) is 0. The lowest BCUT2D eigenvalue weighted by Gasteiger charge is -2.15. The second-order valence-corrected chi connectivity index (χ2v) is 7.16. The summed E-state index contributed by atoms with van der Waals surface area (Å²) in [7, 11) is 0. The average molecular weight is 410 g/mol. The number of para-hydroxylation sites is 1. The van der Waals surface area contributed by atoms with E-state index in [-0.39, 0.29) is 5.91 Å². The number of ether oxygens (including phenoxy) is 2. The molecule has 0 heterocycles. The molecule has 0 aliphatic carbocycles. The largest absolute Gasteiger partial charge is 0.493 e. The van der Waals surface area contributed by atoms with Crippen LogP contribution in [0.1, 0.15) is 34.0 Å². The molecule has 3 aromatic carbocycles. The van der Waals surface area contributed by atoms with Gasteiger partial charge in [0.15, 0.2) is 0 Å². The first-order chi connectivity index (χ1) is 14.0. The Hall–Kier alpha value is -2.98. The molecule has 150 valence electrons. The topological polar surface area (TPSA) is 47.6 Å². The van der Waals surface area contributed by atoms with Gasteiger partial charge in [-0.1, -0.05) is 35.9 Å². The molecule has 5 heteroatoms. The molecule has 0 aliphatic heterocycles. The minimum Gasteiger partial charge on any atom is -0.493 e. The summed E-state index contributed by atoms with van der Waals surface area (Å²) < 4.78 is 11.7. The minimum atomic E-state index is -0.212. The molecule has 1 N–H and O–H groups in total. The van der Waals surface area contributed by atoms with Crippen LogP contribution < -0.4 is 14.8 Å². The number of amides is 1. The van der Waals surface area contributed by atoms with E-state index in [4.69, 9.17) is 21.1 Å². The lowest BCUT2D eigenvalue weighted by atomic mass is 10.1. The third-order valence-electron chi connectivity index (χ3n) is 4.55. The predicted octanol–water partition coefficient (Wildman–Crippen LogP) is 6.19. The maximum absolute atomic E-state index is 12.8. The Kier molecular flexibility index (Phi) is 6.78. The fraction of sp³-hybridized carbons (Fsp3) is 0.208. The molecule has 0 atom stereocenters. The van der Waals surface area contributed by atoms with Gasteiger partial charge in [0.05, 0.1) is 6.61 Å². The number of anilines is 1. The van der Waals surface area contributed by atoms with E-state index in [2.05, 4.69) is 5.32 Å². The van der Waals surface area contributed by atoms with Crippen molar-refractivity contribution in [1.82, 2.24) is 0 Å². The Balaban J connectivity index is 1.82. The summed E-state index contributed by atoms with van der Waals surface area (Å²) in [5, 5.41) is 3.50. The van der Waals surface area contributed by atoms with Crippen molar-refractivity contribution in [2.75, 3.05) is 11.9 Å². The van der Waals surface area contributed by atoms with Crippen molar-refractivity contribution in [3.63, 3.8) is 0 Å². The van der Waals surface area contributed by atoms with E-state index in [1.165, 1.54) is 0 Å². The summed E-state index contributed by atoms with van der Waals surface area (Å²) in [6, 6.07) is 18.6. The molecule has 0 saturated carbocycles. The number of carbonyl (C=O) groups excluding carboxylic acids is 1. The molecule has 3 aromatic rings. The standard InChI is InChI=1S/C24H24ClNO3/c1-4-28-23-12-10-18(24(27)26-21-14-20(25)11-9-16(21)2)13-19(23)15-29-22-8-6-5-7-17(22)3/h5-14H,4,15H2,1-3H3,(H,26,27). The first-order valence-corrected chi connectivity index (χ1v) is 9.87. The van der Waals surface area contributed by atoms with Gasteiger partial charge in [0.2, 0.25) is 0 Å². The number of benzene rings is 3. The summed E-state index contributed by atoms with van der Waals surface area (Å²) >= 11 is 6.05. The van der Waals surface area contributed by atoms with Crippen LogP contribution in [0.15, 0.2) is 60.7 Å². The van der Waals surface area contributed by atoms with Crippen LogP contribution in [0.5, 0.6) is 11.5 Å². The van der Waals surface area contributed by atoms with Crippen molar-refractivity contribution in [2.45, 2.75) is 27.4 Å². The molecule has 29 heavy (non-hydrogen) atoms. The first kappa shape index (κ1) is 20.7. The molecule has 0 fully saturated rings. The van der Waals surface area contributed by atoms with Gasteiger partial charge >= 0.3 is 0 Å². The van der Waals surface area contributed by atoms with Crippen LogP contribution in [0.25, 0.3) is 0 Å². The Labute approximate surface area is 176 Å². The SMILES string of the molecule is CCOc1ccc(C(=O)Nc2cc(Cl)ccc2C)cc1COc1ccccc1C. The Morgan fingerprint density at radius 2 is 1.72 bits per heavy atom. The van der Waals surface area contributed by atoms with E-state index in [0.717, 1.165) is 22.4 Å². The second kappa shape index (κ2) is 9.48. The minimum absolute atomic E-state index is 0.212. The van der Waals surface area contributed by atoms with E-state index < -0.39 is 0 Å². The number of nitrogens with one attached hydrogen (secondary N) is 1. The van der Waals surface area contributed by atoms with Crippen LogP contribution >= 0.6 is 11.6 Å². The normalized spacial score (nSPS) is 10.5. The molecule has 0 saturated heterocycles. The maximum atomic E-state index is 12.8. The molecule has 1 amide bonds. The smallest absolute Gasteiger partial charge is 0.255 e. The molecular formula is C24H24ClNO3. The fourth-order valence-corrected chi connectivity index (χ4v) is 3.10. The van der Waals surface area contributed by atoms with Crippen LogP contribution in [0.3, 0.4) is 0 Å². The van der Waals surface area contributed by atoms with E-state index in [0.29, 0.717) is 35.2 Å². The molecule has 0 aromatic heterocycles. The highest BCUT2D eigenvalue weighted by Gasteiger charge is 2.13. The van der Waals surface area contributed by atoms with Gasteiger partial charge in [-0.3, -0.25) is 4.79 Å². The maximum Gasteiger partial charge on any atom is 0.255 e. The number of halogens is 1. The number of hydrogen-bond acceptors (Lipinski definition) is 3. The summed E-state index contributed by atoms with van der Waals surface area (Å²) in [6.45, 7) is 6.68. The van der Waals surface area contributed by atoms with E-state index in [9.17, 15) is 4.79 Å². The van der Waals surface area contributed by atoms with Crippen molar-refractivity contribution in [3.05, 3.63) is 87.9 Å². The van der Waals surface area contributed by atoms with Crippen LogP contribution in [0.2, 0.25) is 5.02 Å². The van der Waals surface area contributed by atoms with Gasteiger partial charge in [0.1, 0.15) is 18.1 Å². The van der Waals surface area contributed by atoms with E-state index >= 15 is 0 Å². The van der Waals surface area contributed by atoms with Gasteiger partial charge in [-0.25, -0.2) is 0 Å². The number of aryl methyl sites for hydroxylation is 2. The zero-order chi connectivity index (χ0) is 20.8. The summed E-state index contributed by atoms with van der Waals surface area (Å²) in [4.78, 5) is 12.8. The van der Waals surface area contributed by atoms with Gasteiger partial charge in [0.25, 0.3) is 5.91 Å². The molecule has 0 bridgehead atoms. The van der Waals surface area contributed by atoms with Gasteiger partial charge in [-0.15, -0.1) is 0 Å². The quantitative estimate of drug-likeness (QED) is 0.506. The highest BCUT2D eigenvalue weighted by atomic mass is 35.5. The monoisotopic (exact) mass is 409 g/mol. The first-order valence-electron chi connectivity index (χ1n) is 9.49. The van der Waals surface area contributed by atoms with Gasteiger partial charge < -0.3 is 14.8 Å². The van der Waals surface area contributed by atoms with Gasteiger partial charge in [0, 0.05) is 21.8 Å². The van der Waals surface area contributed by atoms with Crippen LogP contribution in [-0.4, -0.2) is 12.5 Å². The number of hydrogen-bond donors (Lipinski definition) is 1. The van der Waals surface area contributed by atoms with Gasteiger partial charge in [-0.2, -0.15) is 0 Å². The third kappa shape index (κ3) is 5.30. The van der Waals surface area contributed by atoms with Crippen molar-refractivity contribution < 1.29 is 14.3 Å². The van der Waals surface area contributed by atoms with Crippen LogP contribution in [0.4, 0.5) is 5.69 Å². The summed E-state index contributed by atoms with van der Waals surface area (Å²) in [5.41, 5.74) is 4.02. The third-order valence-corrected chi connectivity index (χ3v) is 4.78. The molecule has 0 spiro atoms. The van der Waals surface area contributed by atoms with Crippen molar-refractivity contribution in [2.24, 2.45) is 0 Å². The zero-order valence-corrected chi connectivity index (χ0v) is 17.5. The Bertz CT molecular complexity index is 1020. The number of rotatable bonds is 7. The summed E-state index contributed by atoms with van der Waals surface area (Å²) in [5.74, 6) is 1.30. The zero-order valence-electron chi connectivity index (χ0n) is 16.8. The van der Waals surface area contributed by atoms with E-state index in [1.807, 2.05) is 51.1 Å². The molecular weight excluding hydrogens is 386 g/mol. The number of carbonyl (C=O) groups is 1. The van der Waals surface area contributed by atoms with Crippen LogP contribution in [0, 0.1) is 13.8 Å². The van der Waals surface area contributed by atoms with Crippen molar-refractivity contribution in [1.29, 1.82) is 0 Å². The van der Waals surface area contributed by atoms with Crippen molar-refractivity contribution in [3.8, 4) is 11.5 Å². The lowest BCUT2D eigenvalue weighted by molar-refractivity contribution is 0.102. The highest BCUT2D eigenvalue weighted by molar-refractivity contribution is 6.31. The lowest BCUT2D eigenvalue weighted by Crippen LogP contribution is -2.14. The molecule has 0 radical (unpaired) electrons. The Morgan fingerprint density at radius 1 is 0.931 bits per heavy atom. The molecule has 3 rings (SSSR count). The van der Waals surface area contributed by atoms with Gasteiger partial charge in [-0.05, 0) is 68.3 Å². The highest BCUT2D eigenvalue weighted by Crippen LogP contribution is 2.26. The fourth-order valence-electron chi connectivity index (χ4n) is 2.93. The average Bonchev–Trinajstić information content (AvgIpc) is 2.71. The van der Waals surface area contributed by atoms with Crippen molar-refractivity contribution >= 4 is 23.2 Å². The molecule has 0 aliphatic rings. The Morgan fingerprint density at radius 3 is 2.48 bits per heavy atom. The second-order valence-electron chi connectivity index (χ2n) is 6.72. The molecule has 0 unspecified atom stereocenters.